The van der Waals surface area contributed by atoms with Crippen molar-refractivity contribution in [2.45, 2.75) is 91.8 Å². The van der Waals surface area contributed by atoms with Crippen LogP contribution >= 0.6 is 0 Å². The summed E-state index contributed by atoms with van der Waals surface area (Å²) in [6, 6.07) is 34.9. The van der Waals surface area contributed by atoms with Gasteiger partial charge in [0.1, 0.15) is 11.6 Å². The van der Waals surface area contributed by atoms with Crippen molar-refractivity contribution in [2.75, 3.05) is 0 Å². The molecule has 8 rings (SSSR count). The van der Waals surface area contributed by atoms with Crippen LogP contribution in [0, 0.1) is 19.8 Å². The first kappa shape index (κ1) is 22.5. The maximum Gasteiger partial charge on any atom is 0.148 e. The number of rotatable bonds is 6. The van der Waals surface area contributed by atoms with Crippen molar-refractivity contribution in [1.29, 1.82) is 0 Å². The van der Waals surface area contributed by atoms with Crippen LogP contribution in [0.1, 0.15) is 123 Å². The van der Waals surface area contributed by atoms with Crippen LogP contribution in [0.5, 0.6) is 5.75 Å². The van der Waals surface area contributed by atoms with Gasteiger partial charge in [-0.2, -0.15) is 0 Å². The van der Waals surface area contributed by atoms with Gasteiger partial charge in [0.05, 0.1) is 22.3 Å². The number of aryl methyl sites for hydroxylation is 2. The van der Waals surface area contributed by atoms with Crippen LogP contribution in [0.4, 0.5) is 0 Å². The number of para-hydroxylation sites is 1. The van der Waals surface area contributed by atoms with Crippen molar-refractivity contribution in [1.82, 2.24) is 14.5 Å². The molecule has 0 bridgehead atoms. The van der Waals surface area contributed by atoms with Crippen LogP contribution in [-0.4, -0.2) is 19.6 Å². The van der Waals surface area contributed by atoms with Gasteiger partial charge in [-0.25, -0.2) is 4.98 Å². The first-order chi connectivity index (χ1) is 38.3. The summed E-state index contributed by atoms with van der Waals surface area (Å²) in [5.74, 6) is -2.06. The minimum Gasteiger partial charge on any atom is -0.507 e. The number of hydrogen-bond acceptors (Lipinski definition) is 3. The van der Waals surface area contributed by atoms with Crippen LogP contribution in [0.3, 0.4) is 0 Å². The van der Waals surface area contributed by atoms with Crippen molar-refractivity contribution >= 4 is 11.0 Å². The first-order valence-electron chi connectivity index (χ1n) is 31.0. The molecule has 0 unspecified atom stereocenters. The van der Waals surface area contributed by atoms with Crippen molar-refractivity contribution in [3.8, 4) is 67.5 Å². The fraction of sp³-hybridized carbons (Fsp3) is 0.250. The van der Waals surface area contributed by atoms with Crippen molar-refractivity contribution < 1.29 is 59.1 Å². The Morgan fingerprint density at radius 1 is 0.590 bits per heavy atom. The van der Waals surface area contributed by atoms with E-state index in [1.807, 2.05) is 32.9 Å². The number of aromatic nitrogens is 3. The van der Waals surface area contributed by atoms with Gasteiger partial charge < -0.3 is 5.11 Å². The largest absolute Gasteiger partial charge is 0.507 e. The van der Waals surface area contributed by atoms with Gasteiger partial charge in [0, 0.05) is 77.0 Å². The number of aromatic hydroxyl groups is 1. The van der Waals surface area contributed by atoms with Gasteiger partial charge in [-0.3, -0.25) is 9.55 Å². The number of fused-ring (bicyclic) bond motifs is 1. The summed E-state index contributed by atoms with van der Waals surface area (Å²) in [6.45, 7) is -24.2. The van der Waals surface area contributed by atoms with E-state index >= 15 is 0 Å². The third kappa shape index (κ3) is 8.66. The molecule has 0 aliphatic heterocycles. The van der Waals surface area contributed by atoms with E-state index in [2.05, 4.69) is 6.07 Å². The number of pyridine rings is 1. The third-order valence-electron chi connectivity index (χ3n) is 10.5. The Morgan fingerprint density at radius 2 is 1.30 bits per heavy atom. The molecule has 0 aliphatic carbocycles. The maximum atomic E-state index is 13.0. The SMILES string of the molecule is [2H]C([2H])([2H])c1ccc(-c2ccnc(-c3[c-]c(-c4cccc5c4nc(-c4cc(C(C([2H])([2H])[2H])(C([2H])([2H])[2H])C([2H])([2H])[2H])cc(C(C([2H])([2H])[2H])(C([2H])([2H])[2H])C([2H])([2H])[2H])c4O)n5-c4ccc(C([2H])([2H])[2H])cc4-c4ccccc4)cc(C(C)(C)C)c3)c2)cc1.[Pt]. The zero-order chi connectivity index (χ0) is 62.7. The molecule has 312 valence electrons. The molecule has 8 aromatic rings. The predicted molar refractivity (Wildman–Crippen MR) is 252 cm³/mol. The van der Waals surface area contributed by atoms with Gasteiger partial charge in [0.15, 0.2) is 0 Å². The monoisotopic (exact) mass is 1010 g/mol. The quantitative estimate of drug-likeness (QED) is 0.169. The fourth-order valence-electron chi connectivity index (χ4n) is 7.33. The summed E-state index contributed by atoms with van der Waals surface area (Å²) in [5, 5.41) is 13.0. The van der Waals surface area contributed by atoms with Gasteiger partial charge >= 0.3 is 0 Å². The van der Waals surface area contributed by atoms with E-state index in [9.17, 15) is 5.11 Å². The van der Waals surface area contributed by atoms with Crippen LogP contribution in [0.2, 0.25) is 0 Å². The second-order valence-corrected chi connectivity index (χ2v) is 15.9. The van der Waals surface area contributed by atoms with Crippen molar-refractivity contribution in [3.05, 3.63) is 167 Å². The summed E-state index contributed by atoms with van der Waals surface area (Å²) in [5.41, 5.74) is -8.43. The maximum absolute atomic E-state index is 13.0. The Kier molecular flexibility index (Phi) is 6.04. The molecule has 2 aromatic heterocycles. The average molecular weight is 1010 g/mol. The molecule has 0 saturated heterocycles. The molecule has 0 amide bonds. The summed E-state index contributed by atoms with van der Waals surface area (Å²) >= 11 is 0. The Balaban J connectivity index is 0.0000104. The molecule has 0 fully saturated rings. The summed E-state index contributed by atoms with van der Waals surface area (Å²) in [6.07, 6.45) is 1.57. The molecule has 0 radical (unpaired) electrons. The molecule has 4 nitrogen and oxygen atoms in total. The van der Waals surface area contributed by atoms with Crippen LogP contribution in [-0.2, 0) is 37.3 Å². The Bertz CT molecular complexity index is 3710. The fourth-order valence-corrected chi connectivity index (χ4v) is 7.33. The molecule has 61 heavy (non-hydrogen) atoms. The molecule has 5 heteroatoms. The van der Waals surface area contributed by atoms with E-state index in [4.69, 9.17) is 42.9 Å². The van der Waals surface area contributed by atoms with E-state index in [1.165, 1.54) is 41.0 Å². The molecular weight excluding hydrogens is 926 g/mol. The Hall–Kier alpha value is -5.57. The normalized spacial score (nSPS) is 19.6. The average Bonchev–Trinajstić information content (AvgIpc) is 3.94. The van der Waals surface area contributed by atoms with Crippen LogP contribution in [0.25, 0.3) is 72.7 Å². The molecule has 0 atom stereocenters. The smallest absolute Gasteiger partial charge is 0.148 e. The van der Waals surface area contributed by atoms with Crippen molar-refractivity contribution in [3.63, 3.8) is 0 Å². The third-order valence-corrected chi connectivity index (χ3v) is 10.5. The summed E-state index contributed by atoms with van der Waals surface area (Å²) in [7, 11) is 0. The zero-order valence-electron chi connectivity index (χ0n) is 57.3. The molecule has 0 spiro atoms. The number of phenolic OH excluding ortho intramolecular Hbond substituents is 1. The second kappa shape index (κ2) is 16.4. The number of nitrogens with zero attached hydrogens (tertiary/aromatic N) is 3. The van der Waals surface area contributed by atoms with E-state index in [0.29, 0.717) is 39.6 Å². The first-order valence-corrected chi connectivity index (χ1v) is 19.0. The molecule has 0 aliphatic rings. The van der Waals surface area contributed by atoms with Gasteiger partial charge in [-0.15, -0.1) is 29.3 Å². The standard InChI is InChI=1S/C56H56N3O.Pt/c1-35-20-23-37(24-21-35)39-26-27-57-48(32-39)41-29-40(30-42(31-41)54(3,4)5)44-18-15-19-50-51(44)58-53(46-33-43(55(6,7)8)34-47(52(46)60)56(9,10)11)59(50)49-25-22-36(2)28-45(49)38-16-13-12-14-17-38;/h12-28,30-34,60H,1-11H3;/q-1;/i1D3,2D3,6D3,7D3,8D3,9D3,10D3,11D3;. The van der Waals surface area contributed by atoms with E-state index < -0.39 is 99.3 Å². The van der Waals surface area contributed by atoms with E-state index in [-0.39, 0.29) is 66.1 Å². The number of benzene rings is 6. The zero-order valence-corrected chi connectivity index (χ0v) is 35.6. The topological polar surface area (TPSA) is 50.9 Å². The minimum atomic E-state index is -4.23. The van der Waals surface area contributed by atoms with Gasteiger partial charge in [0.25, 0.3) is 0 Å². The predicted octanol–water partition coefficient (Wildman–Crippen LogP) is 14.8. The van der Waals surface area contributed by atoms with Crippen LogP contribution < -0.4 is 0 Å². The molecule has 0 saturated carbocycles. The minimum absolute atomic E-state index is 0. The summed E-state index contributed by atoms with van der Waals surface area (Å²) < 4.78 is 207. The Labute approximate surface area is 410 Å². The Morgan fingerprint density at radius 3 is 2.00 bits per heavy atom. The molecular formula is C56H56N3OPt-. The number of hydrogen-bond donors (Lipinski definition) is 1. The van der Waals surface area contributed by atoms with Gasteiger partial charge in [-0.1, -0.05) is 169 Å². The van der Waals surface area contributed by atoms with Gasteiger partial charge in [-0.05, 0) is 82.5 Å². The van der Waals surface area contributed by atoms with E-state index in [1.54, 1.807) is 72.9 Å². The molecule has 6 aromatic carbocycles. The van der Waals surface area contributed by atoms with Gasteiger partial charge in [0.2, 0.25) is 0 Å². The molecule has 2 heterocycles. The second-order valence-electron chi connectivity index (χ2n) is 15.9. The van der Waals surface area contributed by atoms with Crippen LogP contribution in [0.15, 0.2) is 134 Å². The summed E-state index contributed by atoms with van der Waals surface area (Å²) in [4.78, 5) is 9.76. The van der Waals surface area contributed by atoms with Crippen molar-refractivity contribution in [2.24, 2.45) is 0 Å². The van der Waals surface area contributed by atoms with E-state index in [0.717, 1.165) is 5.56 Å². The molecule has 1 N–H and O–H groups in total. The number of imidazole rings is 1. The number of phenols is 1.